The minimum atomic E-state index is 0.223. The van der Waals surface area contributed by atoms with E-state index >= 15 is 0 Å². The first kappa shape index (κ1) is 14.6. The molecule has 0 aromatic carbocycles. The molecule has 1 atom stereocenters. The summed E-state index contributed by atoms with van der Waals surface area (Å²) < 4.78 is 10.4. The molecule has 0 radical (unpaired) electrons. The molecule has 0 fully saturated rings. The zero-order chi connectivity index (χ0) is 11.7. The second kappa shape index (κ2) is 8.88. The van der Waals surface area contributed by atoms with Gasteiger partial charge < -0.3 is 20.1 Å². The fraction of sp³-hybridized carbons (Fsp3) is 0.900. The molecule has 0 aromatic rings. The summed E-state index contributed by atoms with van der Waals surface area (Å²) in [6.45, 7) is 8.07. The van der Waals surface area contributed by atoms with Crippen molar-refractivity contribution < 1.29 is 9.47 Å². The first-order chi connectivity index (χ1) is 7.06. The van der Waals surface area contributed by atoms with Crippen LogP contribution < -0.4 is 10.6 Å². The summed E-state index contributed by atoms with van der Waals surface area (Å²) in [5.74, 6) is 0. The molecule has 2 N–H and O–H groups in total. The minimum Gasteiger partial charge on any atom is -0.383 e. The first-order valence-electron chi connectivity index (χ1n) is 5.21. The molecular formula is C10H22N2O2S. The monoisotopic (exact) mass is 234 g/mol. The third kappa shape index (κ3) is 9.90. The molecule has 0 bridgehead atoms. The van der Waals surface area contributed by atoms with Gasteiger partial charge in [-0.05, 0) is 33.0 Å². The van der Waals surface area contributed by atoms with Crippen molar-refractivity contribution in [2.24, 2.45) is 0 Å². The Bertz CT molecular complexity index is 177. The molecule has 0 aromatic heterocycles. The maximum atomic E-state index is 5.37. The van der Waals surface area contributed by atoms with Crippen molar-refractivity contribution in [3.8, 4) is 0 Å². The molecule has 0 spiro atoms. The molecule has 0 aliphatic rings. The molecule has 0 saturated heterocycles. The van der Waals surface area contributed by atoms with Gasteiger partial charge in [-0.1, -0.05) is 0 Å². The summed E-state index contributed by atoms with van der Waals surface area (Å²) >= 11 is 5.09. The Morgan fingerprint density at radius 1 is 1.33 bits per heavy atom. The van der Waals surface area contributed by atoms with Crippen molar-refractivity contribution in [1.82, 2.24) is 10.6 Å². The van der Waals surface area contributed by atoms with Crippen LogP contribution in [-0.2, 0) is 9.47 Å². The van der Waals surface area contributed by atoms with Crippen LogP contribution >= 0.6 is 12.2 Å². The van der Waals surface area contributed by atoms with Crippen LogP contribution in [0.15, 0.2) is 0 Å². The molecule has 5 heteroatoms. The molecule has 0 amide bonds. The topological polar surface area (TPSA) is 42.5 Å². The van der Waals surface area contributed by atoms with Crippen LogP contribution in [-0.4, -0.2) is 44.1 Å². The second-order valence-corrected chi connectivity index (χ2v) is 4.08. The summed E-state index contributed by atoms with van der Waals surface area (Å²) in [7, 11) is 1.67. The Labute approximate surface area is 97.7 Å². The smallest absolute Gasteiger partial charge is 0.166 e. The molecule has 0 aliphatic carbocycles. The van der Waals surface area contributed by atoms with Crippen LogP contribution in [0.25, 0.3) is 0 Å². The van der Waals surface area contributed by atoms with E-state index in [0.29, 0.717) is 18.3 Å². The predicted molar refractivity (Wildman–Crippen MR) is 66.2 cm³/mol. The quantitative estimate of drug-likeness (QED) is 0.506. The van der Waals surface area contributed by atoms with Gasteiger partial charge in [-0.2, -0.15) is 0 Å². The highest BCUT2D eigenvalue weighted by molar-refractivity contribution is 7.80. The minimum absolute atomic E-state index is 0.223. The van der Waals surface area contributed by atoms with Gasteiger partial charge in [0.2, 0.25) is 0 Å². The Morgan fingerprint density at radius 3 is 2.53 bits per heavy atom. The van der Waals surface area contributed by atoms with Gasteiger partial charge in [0.15, 0.2) is 5.11 Å². The maximum Gasteiger partial charge on any atom is 0.166 e. The summed E-state index contributed by atoms with van der Waals surface area (Å²) in [5.41, 5.74) is 0. The molecule has 0 rings (SSSR count). The molecule has 15 heavy (non-hydrogen) atoms. The van der Waals surface area contributed by atoms with Crippen LogP contribution in [0.3, 0.4) is 0 Å². The summed E-state index contributed by atoms with van der Waals surface area (Å²) in [5, 5.41) is 6.82. The van der Waals surface area contributed by atoms with Crippen molar-refractivity contribution in [3.05, 3.63) is 0 Å². The van der Waals surface area contributed by atoms with Crippen molar-refractivity contribution in [3.63, 3.8) is 0 Å². The lowest BCUT2D eigenvalue weighted by atomic mass is 10.4. The number of hydrogen-bond acceptors (Lipinski definition) is 3. The number of thiocarbonyl (C=S) groups is 1. The van der Waals surface area contributed by atoms with Crippen LogP contribution in [0.1, 0.15) is 20.8 Å². The van der Waals surface area contributed by atoms with Crippen LogP contribution in [0, 0.1) is 0 Å². The molecule has 0 aliphatic heterocycles. The third-order valence-electron chi connectivity index (χ3n) is 1.63. The summed E-state index contributed by atoms with van der Waals surface area (Å²) in [6, 6.07) is 0.223. The maximum absolute atomic E-state index is 5.37. The highest BCUT2D eigenvalue weighted by Crippen LogP contribution is 1.86. The van der Waals surface area contributed by atoms with Crippen molar-refractivity contribution in [2.75, 3.05) is 26.9 Å². The fourth-order valence-corrected chi connectivity index (χ4v) is 1.33. The van der Waals surface area contributed by atoms with Crippen molar-refractivity contribution in [1.29, 1.82) is 0 Å². The van der Waals surface area contributed by atoms with Gasteiger partial charge in [-0.3, -0.25) is 0 Å². The van der Waals surface area contributed by atoms with E-state index in [4.69, 9.17) is 21.7 Å². The fourth-order valence-electron chi connectivity index (χ4n) is 1.03. The Balaban J connectivity index is 3.40. The van der Waals surface area contributed by atoms with Crippen LogP contribution in [0.5, 0.6) is 0 Å². The number of methoxy groups -OCH3 is 1. The standard InChI is InChI=1S/C10H22N2O2S/c1-8(2)14-6-5-11-10(15)12-9(3)7-13-4/h8-9H,5-7H2,1-4H3,(H2,11,12,15). The van der Waals surface area contributed by atoms with E-state index in [-0.39, 0.29) is 12.1 Å². The molecular weight excluding hydrogens is 212 g/mol. The number of nitrogens with one attached hydrogen (secondary N) is 2. The summed E-state index contributed by atoms with van der Waals surface area (Å²) in [6.07, 6.45) is 0.265. The Kier molecular flexibility index (Phi) is 8.65. The van der Waals surface area contributed by atoms with E-state index < -0.39 is 0 Å². The van der Waals surface area contributed by atoms with Gasteiger partial charge >= 0.3 is 0 Å². The first-order valence-corrected chi connectivity index (χ1v) is 5.62. The lowest BCUT2D eigenvalue weighted by Crippen LogP contribution is -2.43. The number of hydrogen-bond donors (Lipinski definition) is 2. The third-order valence-corrected chi connectivity index (χ3v) is 1.90. The molecule has 0 heterocycles. The largest absolute Gasteiger partial charge is 0.383 e. The molecule has 90 valence electrons. The zero-order valence-corrected chi connectivity index (χ0v) is 10.8. The van der Waals surface area contributed by atoms with E-state index in [2.05, 4.69) is 10.6 Å². The average molecular weight is 234 g/mol. The SMILES string of the molecule is COCC(C)NC(=S)NCCOC(C)C. The lowest BCUT2D eigenvalue weighted by Gasteiger charge is -2.16. The van der Waals surface area contributed by atoms with Gasteiger partial charge in [0.1, 0.15) is 0 Å². The average Bonchev–Trinajstić information content (AvgIpc) is 2.12. The highest BCUT2D eigenvalue weighted by atomic mass is 32.1. The van der Waals surface area contributed by atoms with Gasteiger partial charge in [0.05, 0.1) is 19.3 Å². The molecule has 0 saturated carbocycles. The number of ether oxygens (including phenoxy) is 2. The molecule has 1 unspecified atom stereocenters. The summed E-state index contributed by atoms with van der Waals surface area (Å²) in [4.78, 5) is 0. The lowest BCUT2D eigenvalue weighted by molar-refractivity contribution is 0.0829. The van der Waals surface area contributed by atoms with Gasteiger partial charge in [0.25, 0.3) is 0 Å². The number of rotatable bonds is 7. The van der Waals surface area contributed by atoms with E-state index in [0.717, 1.165) is 6.54 Å². The van der Waals surface area contributed by atoms with Crippen LogP contribution in [0.2, 0.25) is 0 Å². The Hall–Kier alpha value is -0.390. The van der Waals surface area contributed by atoms with E-state index in [1.54, 1.807) is 7.11 Å². The normalized spacial score (nSPS) is 12.6. The van der Waals surface area contributed by atoms with Gasteiger partial charge in [-0.25, -0.2) is 0 Å². The zero-order valence-electron chi connectivity index (χ0n) is 10.0. The van der Waals surface area contributed by atoms with E-state index in [1.807, 2.05) is 20.8 Å². The van der Waals surface area contributed by atoms with Crippen molar-refractivity contribution >= 4 is 17.3 Å². The highest BCUT2D eigenvalue weighted by Gasteiger charge is 2.02. The Morgan fingerprint density at radius 2 is 2.00 bits per heavy atom. The van der Waals surface area contributed by atoms with Crippen LogP contribution in [0.4, 0.5) is 0 Å². The second-order valence-electron chi connectivity index (χ2n) is 3.68. The van der Waals surface area contributed by atoms with Crippen molar-refractivity contribution in [2.45, 2.75) is 32.9 Å². The predicted octanol–water partition coefficient (Wildman–Crippen LogP) is 0.910. The van der Waals surface area contributed by atoms with E-state index in [1.165, 1.54) is 0 Å². The molecule has 4 nitrogen and oxygen atoms in total. The van der Waals surface area contributed by atoms with Gasteiger partial charge in [-0.15, -0.1) is 0 Å². The van der Waals surface area contributed by atoms with Gasteiger partial charge in [0, 0.05) is 19.7 Å². The van der Waals surface area contributed by atoms with E-state index in [9.17, 15) is 0 Å².